The minimum absolute atomic E-state index is 0.792. The molecule has 0 aromatic heterocycles. The lowest BCUT2D eigenvalue weighted by Gasteiger charge is -2.30. The molecule has 0 heterocycles. The Morgan fingerprint density at radius 1 is 0.696 bits per heavy atom. The molecule has 0 atom stereocenters. The van der Waals surface area contributed by atoms with E-state index in [0.717, 1.165) is 53.4 Å². The number of anilines is 4. The molecule has 0 aliphatic heterocycles. The summed E-state index contributed by atoms with van der Waals surface area (Å²) in [5.74, 6) is 0. The summed E-state index contributed by atoms with van der Waals surface area (Å²) in [6.45, 7) is 3.96. The Morgan fingerprint density at radius 2 is 1.04 bits per heavy atom. The zero-order chi connectivity index (χ0) is 16.7. The second kappa shape index (κ2) is 7.74. The van der Waals surface area contributed by atoms with Crippen molar-refractivity contribution in [2.24, 2.45) is 0 Å². The van der Waals surface area contributed by atoms with E-state index in [-0.39, 0.29) is 0 Å². The fourth-order valence-corrected chi connectivity index (χ4v) is 2.32. The van der Waals surface area contributed by atoms with Crippen molar-refractivity contribution in [3.8, 4) is 0 Å². The number of nitrogens with one attached hydrogen (secondary N) is 2. The summed E-state index contributed by atoms with van der Waals surface area (Å²) in [4.78, 5) is 0. The Bertz CT molecular complexity index is 536. The molecule has 2 rings (SSSR count). The normalized spacial score (nSPS) is 11.2. The Labute approximate surface area is 138 Å². The first kappa shape index (κ1) is 17.0. The first-order chi connectivity index (χ1) is 10.9. The van der Waals surface area contributed by atoms with E-state index in [0.29, 0.717) is 0 Å². The maximum atomic E-state index is 5.69. The molecule has 0 spiro atoms. The molecule has 2 aromatic carbocycles. The molecule has 0 fully saturated rings. The van der Waals surface area contributed by atoms with Gasteiger partial charge in [-0.2, -0.15) is 0 Å². The van der Waals surface area contributed by atoms with Crippen LogP contribution in [-0.4, -0.2) is 44.8 Å². The van der Waals surface area contributed by atoms with Gasteiger partial charge in [-0.3, -0.25) is 0 Å². The molecule has 6 N–H and O–H groups in total. The van der Waals surface area contributed by atoms with E-state index in [9.17, 15) is 0 Å². The van der Waals surface area contributed by atoms with E-state index in [1.165, 1.54) is 0 Å². The van der Waals surface area contributed by atoms with Crippen molar-refractivity contribution in [2.45, 2.75) is 0 Å². The third-order valence-electron chi connectivity index (χ3n) is 3.91. The molecule has 0 unspecified atom stereocenters. The molecular weight excluding hydrogens is 286 g/mol. The second-order valence-corrected chi connectivity index (χ2v) is 6.48. The van der Waals surface area contributed by atoms with Crippen LogP contribution < -0.4 is 22.1 Å². The molecular formula is C18H28N5+. The summed E-state index contributed by atoms with van der Waals surface area (Å²) in [7, 11) is 4.49. The molecule has 0 saturated carbocycles. The average Bonchev–Trinajstić information content (AvgIpc) is 2.51. The molecule has 0 amide bonds. The maximum Gasteiger partial charge on any atom is 0.0958 e. The molecule has 5 heteroatoms. The van der Waals surface area contributed by atoms with Gasteiger partial charge in [-0.25, -0.2) is 0 Å². The zero-order valence-electron chi connectivity index (χ0n) is 14.0. The molecule has 2 aromatic rings. The lowest BCUT2D eigenvalue weighted by Crippen LogP contribution is -2.46. The van der Waals surface area contributed by atoms with E-state index >= 15 is 0 Å². The summed E-state index contributed by atoms with van der Waals surface area (Å²) in [6.07, 6.45) is 0. The Kier molecular flexibility index (Phi) is 5.71. The topological polar surface area (TPSA) is 76.1 Å². The molecule has 23 heavy (non-hydrogen) atoms. The van der Waals surface area contributed by atoms with Crippen LogP contribution in [0.3, 0.4) is 0 Å². The van der Waals surface area contributed by atoms with Gasteiger partial charge in [0.2, 0.25) is 0 Å². The summed E-state index contributed by atoms with van der Waals surface area (Å²) < 4.78 is 0.948. The molecule has 0 aliphatic rings. The predicted molar refractivity (Wildman–Crippen MR) is 101 cm³/mol. The molecule has 0 radical (unpaired) electrons. The average molecular weight is 314 g/mol. The smallest absolute Gasteiger partial charge is 0.0958 e. The van der Waals surface area contributed by atoms with Crippen molar-refractivity contribution in [3.63, 3.8) is 0 Å². The van der Waals surface area contributed by atoms with Gasteiger partial charge in [-0.15, -0.1) is 0 Å². The van der Waals surface area contributed by atoms with Crippen LogP contribution in [0.4, 0.5) is 22.7 Å². The first-order valence-electron chi connectivity index (χ1n) is 7.95. The Morgan fingerprint density at radius 3 is 1.39 bits per heavy atom. The first-order valence-corrected chi connectivity index (χ1v) is 7.95. The minimum atomic E-state index is 0.792. The van der Waals surface area contributed by atoms with Crippen LogP contribution in [-0.2, 0) is 0 Å². The third kappa shape index (κ3) is 6.08. The largest absolute Gasteiger partial charge is 0.399 e. The summed E-state index contributed by atoms with van der Waals surface area (Å²) in [6, 6.07) is 15.7. The number of nitrogen functional groups attached to an aromatic ring is 2. The molecule has 5 nitrogen and oxygen atoms in total. The van der Waals surface area contributed by atoms with Crippen LogP contribution >= 0.6 is 0 Å². The minimum Gasteiger partial charge on any atom is -0.399 e. The molecule has 124 valence electrons. The predicted octanol–water partition coefficient (Wildman–Crippen LogP) is 2.45. The van der Waals surface area contributed by atoms with Crippen LogP contribution in [0.5, 0.6) is 0 Å². The lowest BCUT2D eigenvalue weighted by molar-refractivity contribution is -0.886. The van der Waals surface area contributed by atoms with Crippen LogP contribution in [0.25, 0.3) is 0 Å². The van der Waals surface area contributed by atoms with Gasteiger partial charge in [0.1, 0.15) is 0 Å². The number of nitrogens with two attached hydrogens (primary N) is 2. The molecule has 0 bridgehead atoms. The summed E-state index contributed by atoms with van der Waals surface area (Å²) in [5.41, 5.74) is 15.2. The number of likely N-dealkylation sites (N-methyl/N-ethyl adjacent to an activating group) is 1. The number of quaternary nitrogens is 1. The number of hydrogen-bond acceptors (Lipinski definition) is 4. The van der Waals surface area contributed by atoms with E-state index in [1.54, 1.807) is 0 Å². The van der Waals surface area contributed by atoms with Crippen LogP contribution in [0.1, 0.15) is 0 Å². The van der Waals surface area contributed by atoms with Gasteiger partial charge in [-0.05, 0) is 48.5 Å². The van der Waals surface area contributed by atoms with Crippen LogP contribution in [0, 0.1) is 0 Å². The monoisotopic (exact) mass is 314 g/mol. The van der Waals surface area contributed by atoms with Crippen molar-refractivity contribution in [1.82, 2.24) is 0 Å². The van der Waals surface area contributed by atoms with Gasteiger partial charge in [-0.1, -0.05) is 0 Å². The van der Waals surface area contributed by atoms with Crippen LogP contribution in [0.2, 0.25) is 0 Å². The highest BCUT2D eigenvalue weighted by Gasteiger charge is 2.13. The lowest BCUT2D eigenvalue weighted by atomic mass is 10.3. The Balaban J connectivity index is 1.69. The van der Waals surface area contributed by atoms with Crippen molar-refractivity contribution >= 4 is 22.7 Å². The highest BCUT2D eigenvalue weighted by molar-refractivity contribution is 5.51. The van der Waals surface area contributed by atoms with E-state index in [4.69, 9.17) is 11.5 Å². The van der Waals surface area contributed by atoms with Gasteiger partial charge in [0.25, 0.3) is 0 Å². The van der Waals surface area contributed by atoms with Crippen LogP contribution in [0.15, 0.2) is 48.5 Å². The molecule has 0 aliphatic carbocycles. The van der Waals surface area contributed by atoms with E-state index < -0.39 is 0 Å². The quantitative estimate of drug-likeness (QED) is 0.446. The fraction of sp³-hybridized carbons (Fsp3) is 0.333. The standard InChI is InChI=1S/C18H28N5/c1-23(2,13-11-21-17-7-3-15(19)4-8-17)14-12-22-18-9-5-16(20)6-10-18/h3-10,21-22H,11-14,19-20H2,1-2H3/q+1. The van der Waals surface area contributed by atoms with Crippen molar-refractivity contribution < 1.29 is 4.48 Å². The van der Waals surface area contributed by atoms with Crippen molar-refractivity contribution in [3.05, 3.63) is 48.5 Å². The fourth-order valence-electron chi connectivity index (χ4n) is 2.32. The van der Waals surface area contributed by atoms with Gasteiger partial charge < -0.3 is 26.6 Å². The Hall–Kier alpha value is -2.40. The number of benzene rings is 2. The van der Waals surface area contributed by atoms with Gasteiger partial charge >= 0.3 is 0 Å². The SMILES string of the molecule is C[N+](C)(CCNc1ccc(N)cc1)CCNc1ccc(N)cc1. The summed E-state index contributed by atoms with van der Waals surface area (Å²) in [5, 5.41) is 6.87. The van der Waals surface area contributed by atoms with Gasteiger partial charge in [0, 0.05) is 22.7 Å². The maximum absolute atomic E-state index is 5.69. The highest BCUT2D eigenvalue weighted by Crippen LogP contribution is 2.11. The number of hydrogen-bond donors (Lipinski definition) is 4. The zero-order valence-corrected chi connectivity index (χ0v) is 14.0. The number of rotatable bonds is 8. The van der Waals surface area contributed by atoms with Gasteiger partial charge in [0.05, 0.1) is 40.3 Å². The highest BCUT2D eigenvalue weighted by atomic mass is 15.3. The summed E-state index contributed by atoms with van der Waals surface area (Å²) >= 11 is 0. The van der Waals surface area contributed by atoms with Crippen molar-refractivity contribution in [2.75, 3.05) is 62.4 Å². The van der Waals surface area contributed by atoms with Crippen molar-refractivity contribution in [1.29, 1.82) is 0 Å². The second-order valence-electron chi connectivity index (χ2n) is 6.48. The third-order valence-corrected chi connectivity index (χ3v) is 3.91. The van der Waals surface area contributed by atoms with E-state index in [1.807, 2.05) is 48.5 Å². The van der Waals surface area contributed by atoms with Gasteiger partial charge in [0.15, 0.2) is 0 Å². The molecule has 0 saturated heterocycles. The van der Waals surface area contributed by atoms with E-state index in [2.05, 4.69) is 24.7 Å². The number of nitrogens with zero attached hydrogens (tertiary/aromatic N) is 1.